The average molecular weight is 566 g/mol. The van der Waals surface area contributed by atoms with Gasteiger partial charge in [0.25, 0.3) is 0 Å². The number of Topliss-reactive ketones (excluding diaryl/α,β-unsaturated/α-hetero) is 1. The molecular weight excluding hydrogens is 543 g/mol. The molecule has 3 aromatic rings. The first-order valence-corrected chi connectivity index (χ1v) is 12.1. The number of benzene rings is 1. The molecule has 0 bridgehead atoms. The van der Waals surface area contributed by atoms with Crippen molar-refractivity contribution >= 4 is 50.4 Å². The van der Waals surface area contributed by atoms with Gasteiger partial charge in [-0.3, -0.25) is 9.78 Å². The number of alkyl halides is 3. The van der Waals surface area contributed by atoms with Crippen LogP contribution in [0.3, 0.4) is 0 Å². The highest BCUT2D eigenvalue weighted by Gasteiger charge is 2.38. The SMILES string of the molecule is O=C(O)C(F)(F)F.O=C(c1ccccc1Br)C1CCN(c2nc3cnccc3nc2NC2CC2)CC1. The minimum absolute atomic E-state index is 0.0415. The van der Waals surface area contributed by atoms with Gasteiger partial charge in [-0.05, 0) is 37.8 Å². The zero-order chi connectivity index (χ0) is 25.9. The van der Waals surface area contributed by atoms with Crippen LogP contribution in [0.25, 0.3) is 11.0 Å². The number of carbonyl (C=O) groups excluding carboxylic acids is 1. The van der Waals surface area contributed by atoms with Crippen molar-refractivity contribution in [2.24, 2.45) is 5.92 Å². The van der Waals surface area contributed by atoms with Crippen LogP contribution in [0.4, 0.5) is 24.8 Å². The van der Waals surface area contributed by atoms with Gasteiger partial charge in [-0.1, -0.05) is 34.1 Å². The lowest BCUT2D eigenvalue weighted by atomic mass is 9.89. The Morgan fingerprint density at radius 1 is 1.03 bits per heavy atom. The van der Waals surface area contributed by atoms with Crippen molar-refractivity contribution in [2.45, 2.75) is 37.9 Å². The van der Waals surface area contributed by atoms with Crippen molar-refractivity contribution in [1.29, 1.82) is 0 Å². The molecule has 1 saturated heterocycles. The van der Waals surface area contributed by atoms with Crippen molar-refractivity contribution in [1.82, 2.24) is 15.0 Å². The minimum Gasteiger partial charge on any atom is -0.475 e. The number of pyridine rings is 1. The molecule has 8 nitrogen and oxygen atoms in total. The maximum Gasteiger partial charge on any atom is 0.490 e. The molecule has 2 N–H and O–H groups in total. The zero-order valence-corrected chi connectivity index (χ0v) is 20.6. The summed E-state index contributed by atoms with van der Waals surface area (Å²) in [7, 11) is 0. The molecule has 5 rings (SSSR count). The molecule has 12 heteroatoms. The van der Waals surface area contributed by atoms with E-state index in [9.17, 15) is 18.0 Å². The lowest BCUT2D eigenvalue weighted by Crippen LogP contribution is -2.37. The van der Waals surface area contributed by atoms with Crippen LogP contribution < -0.4 is 10.2 Å². The van der Waals surface area contributed by atoms with Gasteiger partial charge in [-0.25, -0.2) is 14.8 Å². The summed E-state index contributed by atoms with van der Waals surface area (Å²) in [5.41, 5.74) is 2.43. The topological polar surface area (TPSA) is 108 Å². The Balaban J connectivity index is 0.000000384. The number of anilines is 2. The Morgan fingerprint density at radius 2 is 1.69 bits per heavy atom. The van der Waals surface area contributed by atoms with Gasteiger partial charge in [0.15, 0.2) is 17.4 Å². The maximum atomic E-state index is 13.0. The Kier molecular flexibility index (Phi) is 7.72. The predicted octanol–water partition coefficient (Wildman–Crippen LogP) is 5.09. The van der Waals surface area contributed by atoms with Crippen LogP contribution in [0.2, 0.25) is 0 Å². The highest BCUT2D eigenvalue weighted by Crippen LogP contribution is 2.33. The number of nitrogens with zero attached hydrogens (tertiary/aromatic N) is 4. The van der Waals surface area contributed by atoms with Gasteiger partial charge >= 0.3 is 12.1 Å². The summed E-state index contributed by atoms with van der Waals surface area (Å²) in [6.45, 7) is 1.58. The van der Waals surface area contributed by atoms with E-state index in [1.807, 2.05) is 30.3 Å². The molecule has 0 atom stereocenters. The van der Waals surface area contributed by atoms with E-state index in [1.165, 1.54) is 12.8 Å². The number of nitrogens with one attached hydrogen (secondary N) is 1. The highest BCUT2D eigenvalue weighted by atomic mass is 79.9. The van der Waals surface area contributed by atoms with Crippen LogP contribution in [-0.2, 0) is 4.79 Å². The van der Waals surface area contributed by atoms with E-state index in [0.717, 1.165) is 58.6 Å². The molecule has 1 aliphatic carbocycles. The van der Waals surface area contributed by atoms with Gasteiger partial charge < -0.3 is 15.3 Å². The van der Waals surface area contributed by atoms with E-state index >= 15 is 0 Å². The smallest absolute Gasteiger partial charge is 0.475 e. The molecule has 2 aliphatic rings. The summed E-state index contributed by atoms with van der Waals surface area (Å²) in [4.78, 5) is 38.0. The molecule has 2 fully saturated rings. The Morgan fingerprint density at radius 3 is 2.31 bits per heavy atom. The molecule has 1 aromatic carbocycles. The summed E-state index contributed by atoms with van der Waals surface area (Å²) >= 11 is 3.51. The number of hydrogen-bond acceptors (Lipinski definition) is 7. The van der Waals surface area contributed by atoms with Crippen molar-refractivity contribution in [3.63, 3.8) is 0 Å². The van der Waals surface area contributed by atoms with E-state index in [-0.39, 0.29) is 11.7 Å². The van der Waals surface area contributed by atoms with Gasteiger partial charge in [0.2, 0.25) is 0 Å². The fraction of sp³-hybridized carbons (Fsp3) is 0.375. The van der Waals surface area contributed by atoms with Gasteiger partial charge in [0.05, 0.1) is 11.7 Å². The first kappa shape index (κ1) is 25.8. The number of fused-ring (bicyclic) bond motifs is 1. The lowest BCUT2D eigenvalue weighted by molar-refractivity contribution is -0.192. The standard InChI is InChI=1S/C22H22BrN5O.C2HF3O2/c23-17-4-2-1-3-16(17)20(29)14-8-11-28(12-9-14)22-21(25-15-5-6-15)26-18-7-10-24-13-19(18)27-22;3-2(4,5)1(6)7/h1-4,7,10,13-15H,5-6,8-9,11-12H2,(H,25,26);(H,6,7). The number of carboxylic acids is 1. The molecule has 0 radical (unpaired) electrons. The molecule has 0 spiro atoms. The fourth-order valence-corrected chi connectivity index (χ4v) is 4.35. The van der Waals surface area contributed by atoms with Gasteiger partial charge in [0, 0.05) is 41.3 Å². The molecule has 3 heterocycles. The third kappa shape index (κ3) is 6.28. The monoisotopic (exact) mass is 565 g/mol. The number of rotatable bonds is 5. The second-order valence-electron chi connectivity index (χ2n) is 8.59. The third-order valence-corrected chi connectivity index (χ3v) is 6.60. The van der Waals surface area contributed by atoms with Crippen molar-refractivity contribution in [3.05, 3.63) is 52.8 Å². The van der Waals surface area contributed by atoms with Gasteiger partial charge in [-0.15, -0.1) is 0 Å². The van der Waals surface area contributed by atoms with Crippen molar-refractivity contribution in [3.8, 4) is 0 Å². The second kappa shape index (κ2) is 10.8. The molecule has 36 heavy (non-hydrogen) atoms. The number of aromatic nitrogens is 3. The second-order valence-corrected chi connectivity index (χ2v) is 9.44. The van der Waals surface area contributed by atoms with Gasteiger partial charge in [-0.2, -0.15) is 13.2 Å². The quantitative estimate of drug-likeness (QED) is 0.411. The summed E-state index contributed by atoms with van der Waals surface area (Å²) in [6, 6.07) is 10.1. The first-order valence-electron chi connectivity index (χ1n) is 11.4. The van der Waals surface area contributed by atoms with Crippen LogP contribution in [-0.4, -0.2) is 57.1 Å². The summed E-state index contributed by atoms with van der Waals surface area (Å²) < 4.78 is 32.6. The summed E-state index contributed by atoms with van der Waals surface area (Å²) in [5.74, 6) is -0.763. The number of carbonyl (C=O) groups is 2. The maximum absolute atomic E-state index is 13.0. The average Bonchev–Trinajstić information content (AvgIpc) is 3.67. The lowest BCUT2D eigenvalue weighted by Gasteiger charge is -2.33. The van der Waals surface area contributed by atoms with Crippen LogP contribution >= 0.6 is 15.9 Å². The fourth-order valence-electron chi connectivity index (χ4n) is 3.87. The van der Waals surface area contributed by atoms with E-state index < -0.39 is 12.1 Å². The largest absolute Gasteiger partial charge is 0.490 e. The van der Waals surface area contributed by atoms with Crippen LogP contribution in [0.5, 0.6) is 0 Å². The molecule has 2 aromatic heterocycles. The first-order chi connectivity index (χ1) is 17.1. The van der Waals surface area contributed by atoms with Gasteiger partial charge in [0.1, 0.15) is 5.52 Å². The number of hydrogen-bond donors (Lipinski definition) is 2. The Bertz CT molecular complexity index is 1260. The molecule has 1 saturated carbocycles. The van der Waals surface area contributed by atoms with Crippen molar-refractivity contribution < 1.29 is 27.9 Å². The molecule has 0 unspecified atom stereocenters. The zero-order valence-electron chi connectivity index (χ0n) is 19.0. The van der Waals surface area contributed by atoms with E-state index in [0.29, 0.717) is 6.04 Å². The number of piperidine rings is 1. The number of halogens is 4. The molecular formula is C24H23BrF3N5O3. The van der Waals surface area contributed by atoms with E-state index in [2.05, 4.69) is 31.1 Å². The Labute approximate surface area is 213 Å². The highest BCUT2D eigenvalue weighted by molar-refractivity contribution is 9.10. The Hall–Kier alpha value is -3.28. The summed E-state index contributed by atoms with van der Waals surface area (Å²) in [5, 5.41) is 10.7. The number of ketones is 1. The van der Waals surface area contributed by atoms with Crippen LogP contribution in [0.15, 0.2) is 47.2 Å². The van der Waals surface area contributed by atoms with E-state index in [1.54, 1.807) is 12.4 Å². The number of aliphatic carboxylic acids is 1. The van der Waals surface area contributed by atoms with E-state index in [4.69, 9.17) is 19.9 Å². The normalized spacial score (nSPS) is 16.3. The van der Waals surface area contributed by atoms with Crippen LogP contribution in [0.1, 0.15) is 36.0 Å². The molecule has 1 aliphatic heterocycles. The van der Waals surface area contributed by atoms with Crippen molar-refractivity contribution in [2.75, 3.05) is 23.3 Å². The minimum atomic E-state index is -5.08. The number of carboxylic acid groups (broad SMARTS) is 1. The van der Waals surface area contributed by atoms with Crippen LogP contribution in [0, 0.1) is 5.92 Å². The summed E-state index contributed by atoms with van der Waals surface area (Å²) in [6.07, 6.45) is 2.41. The third-order valence-electron chi connectivity index (χ3n) is 5.91. The predicted molar refractivity (Wildman–Crippen MR) is 131 cm³/mol. The molecule has 0 amide bonds. The molecule has 190 valence electrons.